The molecule has 0 aliphatic rings. The van der Waals surface area contributed by atoms with Crippen molar-refractivity contribution in [1.82, 2.24) is 0 Å². The number of unbranched alkanes of at least 4 members (excludes halogenated alkanes) is 15. The zero-order valence-corrected chi connectivity index (χ0v) is 25.4. The summed E-state index contributed by atoms with van der Waals surface area (Å²) in [4.78, 5) is 10.4. The maximum Gasteiger partial charge on any atom is 0.332 e. The number of phenolic OH excluding ortho intramolecular Hbond substituents is 1. The molecule has 1 unspecified atom stereocenters. The van der Waals surface area contributed by atoms with Gasteiger partial charge in [0, 0.05) is 0 Å². The Kier molecular flexibility index (Phi) is 16.3. The van der Waals surface area contributed by atoms with E-state index in [1.165, 1.54) is 83.5 Å². The highest BCUT2D eigenvalue weighted by Crippen LogP contribution is 2.48. The first-order valence-corrected chi connectivity index (χ1v) is 16.5. The summed E-state index contributed by atoms with van der Waals surface area (Å²) in [6.07, 6.45) is 20.8. The maximum atomic E-state index is 12.7. The molecule has 5 heteroatoms. The molecule has 1 aromatic carbocycles. The first kappa shape index (κ1) is 33.2. The van der Waals surface area contributed by atoms with E-state index in [4.69, 9.17) is 4.52 Å². The summed E-state index contributed by atoms with van der Waals surface area (Å²) >= 11 is 0. The minimum Gasteiger partial charge on any atom is -0.507 e. The van der Waals surface area contributed by atoms with Gasteiger partial charge in [0.15, 0.2) is 0 Å². The molecule has 1 atom stereocenters. The van der Waals surface area contributed by atoms with E-state index < -0.39 is 7.60 Å². The molecule has 2 N–H and O–H groups in total. The normalized spacial score (nSPS) is 13.8. The Morgan fingerprint density at radius 3 is 1.61 bits per heavy atom. The molecule has 0 saturated heterocycles. The first-order valence-electron chi connectivity index (χ1n) is 14.8. The second kappa shape index (κ2) is 17.6. The Morgan fingerprint density at radius 1 is 0.778 bits per heavy atom. The fraction of sp³-hybridized carbons (Fsp3) is 0.806. The third-order valence-electron chi connectivity index (χ3n) is 7.36. The van der Waals surface area contributed by atoms with Gasteiger partial charge in [0.25, 0.3) is 0 Å². The van der Waals surface area contributed by atoms with Crippen molar-refractivity contribution in [2.45, 2.75) is 156 Å². The molecule has 36 heavy (non-hydrogen) atoms. The lowest BCUT2D eigenvalue weighted by atomic mass is 9.83. The number of hydrogen-bond donors (Lipinski definition) is 2. The maximum absolute atomic E-state index is 12.7. The molecule has 0 bridgehead atoms. The van der Waals surface area contributed by atoms with Crippen LogP contribution in [0.5, 0.6) is 5.75 Å². The van der Waals surface area contributed by atoms with Crippen LogP contribution in [0.15, 0.2) is 6.07 Å². The molecule has 1 rings (SSSR count). The second-order valence-electron chi connectivity index (χ2n) is 11.9. The average Bonchev–Trinajstić information content (AvgIpc) is 2.80. The number of benzene rings is 1. The third-order valence-corrected chi connectivity index (χ3v) is 8.66. The molecule has 210 valence electrons. The van der Waals surface area contributed by atoms with Crippen LogP contribution >= 0.6 is 7.60 Å². The SMILES string of the molecule is CCCCCCCCCCCCCCCCCCOP(=O)(O)Cc1c(C)cc(C(C)(C)C)c(O)c1C. The lowest BCUT2D eigenvalue weighted by Crippen LogP contribution is -2.13. The fourth-order valence-electron chi connectivity index (χ4n) is 4.93. The monoisotopic (exact) mass is 524 g/mol. The van der Waals surface area contributed by atoms with Gasteiger partial charge in [-0.15, -0.1) is 0 Å². The van der Waals surface area contributed by atoms with Crippen LogP contribution in [-0.2, 0) is 20.7 Å². The number of hydrogen-bond acceptors (Lipinski definition) is 3. The zero-order chi connectivity index (χ0) is 27.0. The predicted octanol–water partition coefficient (Wildman–Crippen LogP) is 10.3. The van der Waals surface area contributed by atoms with E-state index in [1.807, 2.05) is 19.9 Å². The lowest BCUT2D eigenvalue weighted by molar-refractivity contribution is 0.251. The molecular formula is C31H57O4P. The molecule has 0 saturated carbocycles. The molecule has 0 amide bonds. The molecule has 0 aliphatic carbocycles. The van der Waals surface area contributed by atoms with Gasteiger partial charge in [-0.3, -0.25) is 4.57 Å². The van der Waals surface area contributed by atoms with E-state index in [2.05, 4.69) is 27.7 Å². The van der Waals surface area contributed by atoms with Crippen LogP contribution in [0.3, 0.4) is 0 Å². The van der Waals surface area contributed by atoms with Crippen molar-refractivity contribution in [3.8, 4) is 5.75 Å². The number of aromatic hydroxyl groups is 1. The summed E-state index contributed by atoms with van der Waals surface area (Å²) in [6.45, 7) is 12.5. The summed E-state index contributed by atoms with van der Waals surface area (Å²) in [5, 5.41) is 10.7. The standard InChI is InChI=1S/C31H57O4P/c1-7-8-9-10-11-12-13-14-15-16-17-18-19-20-21-22-23-35-36(33,34)25-28-26(2)24-29(31(4,5)6)30(32)27(28)3/h24,32H,7-23,25H2,1-6H3,(H,33,34). The van der Waals surface area contributed by atoms with Gasteiger partial charge in [0.2, 0.25) is 0 Å². The highest BCUT2D eigenvalue weighted by molar-refractivity contribution is 7.51. The number of rotatable bonds is 20. The minimum absolute atomic E-state index is 0.0541. The van der Waals surface area contributed by atoms with Crippen molar-refractivity contribution in [2.75, 3.05) is 6.61 Å². The van der Waals surface area contributed by atoms with E-state index >= 15 is 0 Å². The Hall–Kier alpha value is -0.830. The molecule has 0 aromatic heterocycles. The van der Waals surface area contributed by atoms with Gasteiger partial charge in [-0.1, -0.05) is 130 Å². The van der Waals surface area contributed by atoms with E-state index in [-0.39, 0.29) is 17.3 Å². The summed E-state index contributed by atoms with van der Waals surface area (Å²) in [6, 6.07) is 1.94. The lowest BCUT2D eigenvalue weighted by Gasteiger charge is -2.25. The van der Waals surface area contributed by atoms with E-state index in [9.17, 15) is 14.6 Å². The van der Waals surface area contributed by atoms with Gasteiger partial charge in [-0.25, -0.2) is 0 Å². The Bertz CT molecular complexity index is 782. The van der Waals surface area contributed by atoms with Crippen molar-refractivity contribution >= 4 is 7.60 Å². The van der Waals surface area contributed by atoms with Gasteiger partial charge in [-0.2, -0.15) is 0 Å². The van der Waals surface area contributed by atoms with E-state index in [0.29, 0.717) is 12.2 Å². The molecule has 0 aliphatic heterocycles. The fourth-order valence-corrected chi connectivity index (χ4v) is 6.32. The molecule has 0 radical (unpaired) electrons. The van der Waals surface area contributed by atoms with Gasteiger partial charge in [0.05, 0.1) is 12.8 Å². The Morgan fingerprint density at radius 2 is 1.19 bits per heavy atom. The van der Waals surface area contributed by atoms with E-state index in [1.54, 1.807) is 0 Å². The van der Waals surface area contributed by atoms with Crippen LogP contribution in [0, 0.1) is 13.8 Å². The molecule has 0 spiro atoms. The first-order chi connectivity index (χ1) is 17.0. The van der Waals surface area contributed by atoms with Crippen LogP contribution in [0.2, 0.25) is 0 Å². The molecule has 0 heterocycles. The van der Waals surface area contributed by atoms with Crippen molar-refractivity contribution < 1.29 is 19.1 Å². The molecule has 1 aromatic rings. The van der Waals surface area contributed by atoms with Crippen LogP contribution in [0.4, 0.5) is 0 Å². The van der Waals surface area contributed by atoms with Crippen LogP contribution in [0.1, 0.15) is 153 Å². The average molecular weight is 525 g/mol. The quantitative estimate of drug-likeness (QED) is 0.131. The summed E-state index contributed by atoms with van der Waals surface area (Å²) in [7, 11) is -3.74. The second-order valence-corrected chi connectivity index (χ2v) is 13.7. The van der Waals surface area contributed by atoms with Crippen molar-refractivity contribution in [3.05, 3.63) is 28.3 Å². The Balaban J connectivity index is 2.14. The Labute approximate surface area is 223 Å². The van der Waals surface area contributed by atoms with Crippen molar-refractivity contribution in [3.63, 3.8) is 0 Å². The largest absolute Gasteiger partial charge is 0.507 e. The summed E-state index contributed by atoms with van der Waals surface area (Å²) in [5.74, 6) is 0.223. The van der Waals surface area contributed by atoms with Gasteiger partial charge in [0.1, 0.15) is 5.75 Å². The number of aryl methyl sites for hydroxylation is 1. The molecule has 4 nitrogen and oxygen atoms in total. The van der Waals surface area contributed by atoms with Crippen LogP contribution in [-0.4, -0.2) is 16.6 Å². The molecular weight excluding hydrogens is 467 g/mol. The highest BCUT2D eigenvalue weighted by atomic mass is 31.2. The van der Waals surface area contributed by atoms with E-state index in [0.717, 1.165) is 36.0 Å². The van der Waals surface area contributed by atoms with Gasteiger partial charge in [-0.05, 0) is 47.9 Å². The van der Waals surface area contributed by atoms with Crippen LogP contribution in [0.25, 0.3) is 0 Å². The molecule has 0 fully saturated rings. The van der Waals surface area contributed by atoms with Crippen molar-refractivity contribution in [2.24, 2.45) is 0 Å². The highest BCUT2D eigenvalue weighted by Gasteiger charge is 2.27. The van der Waals surface area contributed by atoms with Gasteiger partial charge >= 0.3 is 7.60 Å². The van der Waals surface area contributed by atoms with Gasteiger partial charge < -0.3 is 14.5 Å². The van der Waals surface area contributed by atoms with Crippen LogP contribution < -0.4 is 0 Å². The number of phenols is 1. The smallest absolute Gasteiger partial charge is 0.332 e. The minimum atomic E-state index is -3.74. The predicted molar refractivity (Wildman–Crippen MR) is 155 cm³/mol. The zero-order valence-electron chi connectivity index (χ0n) is 24.5. The topological polar surface area (TPSA) is 66.8 Å². The van der Waals surface area contributed by atoms with Crippen molar-refractivity contribution in [1.29, 1.82) is 0 Å². The summed E-state index contributed by atoms with van der Waals surface area (Å²) in [5.41, 5.74) is 3.00. The summed E-state index contributed by atoms with van der Waals surface area (Å²) < 4.78 is 18.1. The third kappa shape index (κ3) is 13.6.